The second kappa shape index (κ2) is 9.29. The van der Waals surface area contributed by atoms with E-state index in [0.29, 0.717) is 18.0 Å². The number of hydrogen-bond acceptors (Lipinski definition) is 4. The minimum atomic E-state index is -1.03. The number of likely N-dealkylation sites (N-methyl/N-ethyl adjacent to an activating group) is 1. The average Bonchev–Trinajstić information content (AvgIpc) is 2.66. The highest BCUT2D eigenvalue weighted by atomic mass is 16.5. The third-order valence-corrected chi connectivity index (χ3v) is 5.26. The molecular formula is C23H30N2O4. The zero-order valence-corrected chi connectivity index (χ0v) is 17.3. The van der Waals surface area contributed by atoms with Crippen molar-refractivity contribution in [3.8, 4) is 5.75 Å². The summed E-state index contributed by atoms with van der Waals surface area (Å²) in [5.74, 6) is 0.545. The van der Waals surface area contributed by atoms with Gasteiger partial charge in [-0.1, -0.05) is 36.4 Å². The number of aliphatic hydroxyl groups is 1. The Morgan fingerprint density at radius 2 is 1.97 bits per heavy atom. The van der Waals surface area contributed by atoms with E-state index in [4.69, 9.17) is 4.74 Å². The van der Waals surface area contributed by atoms with E-state index in [1.807, 2.05) is 63.4 Å². The van der Waals surface area contributed by atoms with Crippen LogP contribution in [0.4, 0.5) is 10.5 Å². The molecule has 6 heteroatoms. The van der Waals surface area contributed by atoms with Gasteiger partial charge in [-0.25, -0.2) is 4.79 Å². The highest BCUT2D eigenvalue weighted by Gasteiger charge is 2.29. The zero-order valence-electron chi connectivity index (χ0n) is 17.3. The lowest BCUT2D eigenvalue weighted by Crippen LogP contribution is -2.40. The van der Waals surface area contributed by atoms with Gasteiger partial charge in [0.2, 0.25) is 0 Å². The predicted octanol–water partition coefficient (Wildman–Crippen LogP) is 3.94. The monoisotopic (exact) mass is 398 g/mol. The van der Waals surface area contributed by atoms with Crippen LogP contribution in [0.3, 0.4) is 0 Å². The van der Waals surface area contributed by atoms with Gasteiger partial charge in [0.15, 0.2) is 0 Å². The molecule has 0 aromatic heterocycles. The molecule has 0 bridgehead atoms. The van der Waals surface area contributed by atoms with Gasteiger partial charge in [-0.2, -0.15) is 0 Å². The highest BCUT2D eigenvalue weighted by molar-refractivity contribution is 5.88. The first-order valence-electron chi connectivity index (χ1n) is 10.1. The van der Waals surface area contributed by atoms with Crippen molar-refractivity contribution in [2.24, 2.45) is 0 Å². The molecule has 0 spiro atoms. The van der Waals surface area contributed by atoms with Gasteiger partial charge in [0.05, 0.1) is 24.4 Å². The molecule has 1 aliphatic rings. The standard InChI is InChI=1S/C23H30N2O4/c1-16(2)29-22-13-18(19-11-12-24(3)15-21(19)26)9-10-20(22)25(23(27)28)14-17-7-5-4-6-8-17/h4-10,13,16,19,21,26H,11-12,14-15H2,1-3H3,(H,27,28). The van der Waals surface area contributed by atoms with E-state index in [-0.39, 0.29) is 18.6 Å². The fourth-order valence-corrected chi connectivity index (χ4v) is 3.83. The van der Waals surface area contributed by atoms with Crippen LogP contribution in [0.1, 0.15) is 37.3 Å². The molecule has 2 N–H and O–H groups in total. The van der Waals surface area contributed by atoms with E-state index < -0.39 is 12.2 Å². The summed E-state index contributed by atoms with van der Waals surface area (Å²) >= 11 is 0. The quantitative estimate of drug-likeness (QED) is 0.771. The summed E-state index contributed by atoms with van der Waals surface area (Å²) < 4.78 is 6.00. The molecule has 3 rings (SSSR count). The Labute approximate surface area is 172 Å². The SMILES string of the molecule is CC(C)Oc1cc(C2CCN(C)CC2O)ccc1N(Cc1ccccc1)C(=O)O. The molecule has 2 unspecified atom stereocenters. The topological polar surface area (TPSA) is 73.2 Å². The number of β-amino-alcohol motifs (C(OH)–C–C–N with tert-alkyl or cyclic N) is 1. The lowest BCUT2D eigenvalue weighted by atomic mass is 9.87. The maximum atomic E-state index is 12.0. The number of carboxylic acid groups (broad SMARTS) is 1. The Kier molecular flexibility index (Phi) is 6.77. The van der Waals surface area contributed by atoms with Crippen molar-refractivity contribution < 1.29 is 19.7 Å². The first-order valence-corrected chi connectivity index (χ1v) is 10.1. The van der Waals surface area contributed by atoms with E-state index in [1.165, 1.54) is 4.90 Å². The van der Waals surface area contributed by atoms with Crippen molar-refractivity contribution in [3.05, 3.63) is 59.7 Å². The van der Waals surface area contributed by atoms with E-state index in [1.54, 1.807) is 6.07 Å². The second-order valence-electron chi connectivity index (χ2n) is 7.97. The maximum absolute atomic E-state index is 12.0. The van der Waals surface area contributed by atoms with Crippen LogP contribution in [0, 0.1) is 0 Å². The molecule has 29 heavy (non-hydrogen) atoms. The number of benzene rings is 2. The summed E-state index contributed by atoms with van der Waals surface area (Å²) in [6.07, 6.45) is -0.732. The summed E-state index contributed by atoms with van der Waals surface area (Å²) in [6.45, 7) is 5.62. The van der Waals surface area contributed by atoms with Crippen LogP contribution in [-0.2, 0) is 6.54 Å². The summed E-state index contributed by atoms with van der Waals surface area (Å²) in [7, 11) is 2.00. The van der Waals surface area contributed by atoms with Crippen LogP contribution < -0.4 is 9.64 Å². The largest absolute Gasteiger partial charge is 0.489 e. The molecule has 1 heterocycles. The Balaban J connectivity index is 1.95. The van der Waals surface area contributed by atoms with Gasteiger partial charge in [-0.3, -0.25) is 4.90 Å². The molecule has 1 fully saturated rings. The molecule has 0 aliphatic carbocycles. The van der Waals surface area contributed by atoms with Gasteiger partial charge in [0, 0.05) is 12.5 Å². The molecular weight excluding hydrogens is 368 g/mol. The third-order valence-electron chi connectivity index (χ3n) is 5.26. The van der Waals surface area contributed by atoms with Crippen molar-refractivity contribution in [3.63, 3.8) is 0 Å². The number of aliphatic hydroxyl groups excluding tert-OH is 1. The van der Waals surface area contributed by atoms with Crippen LogP contribution in [-0.4, -0.2) is 53.6 Å². The van der Waals surface area contributed by atoms with E-state index in [9.17, 15) is 15.0 Å². The van der Waals surface area contributed by atoms with Gasteiger partial charge < -0.3 is 19.8 Å². The molecule has 156 valence electrons. The molecule has 2 atom stereocenters. The Morgan fingerprint density at radius 3 is 2.59 bits per heavy atom. The molecule has 0 radical (unpaired) electrons. The third kappa shape index (κ3) is 5.28. The number of hydrogen-bond donors (Lipinski definition) is 2. The normalized spacial score (nSPS) is 19.9. The van der Waals surface area contributed by atoms with Crippen LogP contribution >= 0.6 is 0 Å². The Morgan fingerprint density at radius 1 is 1.24 bits per heavy atom. The summed E-state index contributed by atoms with van der Waals surface area (Å²) in [5, 5.41) is 20.4. The number of likely N-dealkylation sites (tertiary alicyclic amines) is 1. The second-order valence-corrected chi connectivity index (χ2v) is 7.97. The summed E-state index contributed by atoms with van der Waals surface area (Å²) in [6, 6.07) is 15.1. The smallest absolute Gasteiger partial charge is 0.412 e. The fourth-order valence-electron chi connectivity index (χ4n) is 3.83. The Hall–Kier alpha value is -2.57. The zero-order chi connectivity index (χ0) is 21.0. The minimum absolute atomic E-state index is 0.0159. The molecule has 2 aromatic carbocycles. The van der Waals surface area contributed by atoms with Gasteiger partial charge in [-0.15, -0.1) is 0 Å². The number of nitrogens with zero attached hydrogens (tertiary/aromatic N) is 2. The maximum Gasteiger partial charge on any atom is 0.412 e. The van der Waals surface area contributed by atoms with E-state index in [2.05, 4.69) is 4.90 Å². The number of ether oxygens (including phenoxy) is 1. The summed E-state index contributed by atoms with van der Waals surface area (Å²) in [4.78, 5) is 15.5. The Bertz CT molecular complexity index is 825. The van der Waals surface area contributed by atoms with Crippen LogP contribution in [0.25, 0.3) is 0 Å². The predicted molar refractivity (Wildman–Crippen MR) is 114 cm³/mol. The lowest BCUT2D eigenvalue weighted by molar-refractivity contribution is 0.0637. The van der Waals surface area contributed by atoms with Crippen molar-refractivity contribution in [1.82, 2.24) is 4.90 Å². The van der Waals surface area contributed by atoms with Crippen LogP contribution in [0.15, 0.2) is 48.5 Å². The minimum Gasteiger partial charge on any atom is -0.489 e. The van der Waals surface area contributed by atoms with Gasteiger partial charge >= 0.3 is 6.09 Å². The van der Waals surface area contributed by atoms with Crippen molar-refractivity contribution in [2.45, 2.75) is 44.9 Å². The van der Waals surface area contributed by atoms with Gasteiger partial charge in [0.25, 0.3) is 0 Å². The molecule has 0 saturated carbocycles. The number of carbonyl (C=O) groups is 1. The molecule has 1 saturated heterocycles. The first kappa shape index (κ1) is 21.1. The highest BCUT2D eigenvalue weighted by Crippen LogP contribution is 2.37. The van der Waals surface area contributed by atoms with Crippen molar-refractivity contribution in [1.29, 1.82) is 0 Å². The summed E-state index contributed by atoms with van der Waals surface area (Å²) in [5.41, 5.74) is 2.40. The fraction of sp³-hybridized carbons (Fsp3) is 0.435. The van der Waals surface area contributed by atoms with Crippen molar-refractivity contribution >= 4 is 11.8 Å². The molecule has 1 aliphatic heterocycles. The number of anilines is 1. The average molecular weight is 399 g/mol. The van der Waals surface area contributed by atoms with E-state index in [0.717, 1.165) is 24.1 Å². The molecule has 2 aromatic rings. The van der Waals surface area contributed by atoms with Crippen molar-refractivity contribution in [2.75, 3.05) is 25.0 Å². The molecule has 6 nitrogen and oxygen atoms in total. The lowest BCUT2D eigenvalue weighted by Gasteiger charge is -2.34. The molecule has 1 amide bonds. The number of amides is 1. The van der Waals surface area contributed by atoms with Gasteiger partial charge in [0.1, 0.15) is 5.75 Å². The number of rotatable bonds is 6. The number of piperidine rings is 1. The first-order chi connectivity index (χ1) is 13.8. The van der Waals surface area contributed by atoms with Crippen LogP contribution in [0.5, 0.6) is 5.75 Å². The van der Waals surface area contributed by atoms with Crippen LogP contribution in [0.2, 0.25) is 0 Å². The van der Waals surface area contributed by atoms with E-state index >= 15 is 0 Å². The van der Waals surface area contributed by atoms with Gasteiger partial charge in [-0.05, 0) is 57.1 Å².